The molecule has 1 aromatic carbocycles. The molecular weight excluding hydrogens is 268 g/mol. The summed E-state index contributed by atoms with van der Waals surface area (Å²) in [5.74, 6) is 0.304. The minimum atomic E-state index is -0.0383. The van der Waals surface area contributed by atoms with Gasteiger partial charge in [0.15, 0.2) is 0 Å². The van der Waals surface area contributed by atoms with Gasteiger partial charge in [0.05, 0.1) is 13.0 Å². The van der Waals surface area contributed by atoms with Crippen molar-refractivity contribution in [2.24, 2.45) is 5.92 Å². The van der Waals surface area contributed by atoms with Crippen molar-refractivity contribution in [1.29, 1.82) is 0 Å². The summed E-state index contributed by atoms with van der Waals surface area (Å²) in [7, 11) is 1.60. The van der Waals surface area contributed by atoms with Crippen LogP contribution in [0.1, 0.15) is 25.8 Å². The van der Waals surface area contributed by atoms with E-state index >= 15 is 0 Å². The summed E-state index contributed by atoms with van der Waals surface area (Å²) in [6.07, 6.45) is 0.827. The summed E-state index contributed by atoms with van der Waals surface area (Å²) < 4.78 is 4.87. The van der Waals surface area contributed by atoms with Crippen molar-refractivity contribution >= 4 is 17.5 Å². The van der Waals surface area contributed by atoms with Crippen molar-refractivity contribution in [2.75, 3.05) is 25.6 Å². The monoisotopic (exact) mass is 292 g/mol. The van der Waals surface area contributed by atoms with Crippen molar-refractivity contribution in [3.8, 4) is 0 Å². The maximum absolute atomic E-state index is 11.6. The zero-order chi connectivity index (χ0) is 15.7. The highest BCUT2D eigenvalue weighted by molar-refractivity contribution is 5.90. The van der Waals surface area contributed by atoms with Crippen molar-refractivity contribution in [2.45, 2.75) is 26.7 Å². The number of nitrogens with one attached hydrogen (secondary N) is 2. The average Bonchev–Trinajstić information content (AvgIpc) is 2.40. The molecule has 0 radical (unpaired) electrons. The third-order valence-electron chi connectivity index (χ3n) is 2.82. The van der Waals surface area contributed by atoms with Crippen LogP contribution in [0.15, 0.2) is 24.3 Å². The van der Waals surface area contributed by atoms with E-state index in [1.165, 1.54) is 0 Å². The van der Waals surface area contributed by atoms with Crippen LogP contribution >= 0.6 is 0 Å². The Morgan fingerprint density at radius 2 is 1.81 bits per heavy atom. The van der Waals surface area contributed by atoms with Crippen molar-refractivity contribution in [1.82, 2.24) is 5.32 Å². The van der Waals surface area contributed by atoms with Gasteiger partial charge in [-0.25, -0.2) is 0 Å². The first-order valence-electron chi connectivity index (χ1n) is 7.15. The average molecular weight is 292 g/mol. The van der Waals surface area contributed by atoms with E-state index in [4.69, 9.17) is 4.74 Å². The van der Waals surface area contributed by atoms with Gasteiger partial charge in [0.25, 0.3) is 0 Å². The number of methoxy groups -OCH3 is 1. The smallest absolute Gasteiger partial charge is 0.224 e. The molecule has 0 unspecified atom stereocenters. The van der Waals surface area contributed by atoms with E-state index in [0.29, 0.717) is 31.9 Å². The van der Waals surface area contributed by atoms with Gasteiger partial charge in [0, 0.05) is 25.8 Å². The van der Waals surface area contributed by atoms with Crippen molar-refractivity contribution in [3.63, 3.8) is 0 Å². The minimum absolute atomic E-state index is 0.00931. The molecule has 0 bridgehead atoms. The molecule has 0 aliphatic carbocycles. The Kier molecular flexibility index (Phi) is 7.46. The van der Waals surface area contributed by atoms with Crippen LogP contribution in [0.2, 0.25) is 0 Å². The van der Waals surface area contributed by atoms with Crippen LogP contribution in [0, 0.1) is 5.92 Å². The van der Waals surface area contributed by atoms with Crippen LogP contribution in [-0.2, 0) is 20.7 Å². The molecule has 0 saturated heterocycles. The van der Waals surface area contributed by atoms with Gasteiger partial charge in [-0.05, 0) is 23.6 Å². The predicted octanol–water partition coefficient (Wildman–Crippen LogP) is 1.98. The highest BCUT2D eigenvalue weighted by Gasteiger charge is 2.06. The third kappa shape index (κ3) is 7.46. The molecular formula is C16H24N2O3. The lowest BCUT2D eigenvalue weighted by Crippen LogP contribution is -2.28. The Morgan fingerprint density at radius 3 is 2.38 bits per heavy atom. The standard InChI is InChI=1S/C16H24N2O3/c1-12(2)10-16(20)18-14-6-4-13(5-7-14)11-15(19)17-8-9-21-3/h4-7,12H,8-11H2,1-3H3,(H,17,19)(H,18,20). The minimum Gasteiger partial charge on any atom is -0.383 e. The summed E-state index contributed by atoms with van der Waals surface area (Å²) in [5, 5.41) is 5.61. The third-order valence-corrected chi connectivity index (χ3v) is 2.82. The van der Waals surface area contributed by atoms with E-state index in [1.807, 2.05) is 38.1 Å². The summed E-state index contributed by atoms with van der Waals surface area (Å²) in [5.41, 5.74) is 1.66. The summed E-state index contributed by atoms with van der Waals surface area (Å²) in [6.45, 7) is 5.03. The molecule has 1 rings (SSSR count). The number of benzene rings is 1. The van der Waals surface area contributed by atoms with Gasteiger partial charge in [0.2, 0.25) is 11.8 Å². The maximum Gasteiger partial charge on any atom is 0.224 e. The number of hydrogen-bond donors (Lipinski definition) is 2. The molecule has 0 aliphatic rings. The molecule has 5 heteroatoms. The highest BCUT2D eigenvalue weighted by Crippen LogP contribution is 2.11. The highest BCUT2D eigenvalue weighted by atomic mass is 16.5. The molecule has 21 heavy (non-hydrogen) atoms. The van der Waals surface area contributed by atoms with Crippen LogP contribution in [0.5, 0.6) is 0 Å². The number of anilines is 1. The Bertz CT molecular complexity index is 455. The van der Waals surface area contributed by atoms with E-state index in [9.17, 15) is 9.59 Å². The molecule has 5 nitrogen and oxygen atoms in total. The summed E-state index contributed by atoms with van der Waals surface area (Å²) >= 11 is 0. The second kappa shape index (κ2) is 9.13. The van der Waals surface area contributed by atoms with Crippen LogP contribution in [0.4, 0.5) is 5.69 Å². The lowest BCUT2D eigenvalue weighted by molar-refractivity contribution is -0.120. The molecule has 0 aromatic heterocycles. The van der Waals surface area contributed by atoms with E-state index in [2.05, 4.69) is 10.6 Å². The van der Waals surface area contributed by atoms with E-state index in [0.717, 1.165) is 11.3 Å². The lowest BCUT2D eigenvalue weighted by Gasteiger charge is -2.08. The first kappa shape index (κ1) is 17.2. The second-order valence-electron chi connectivity index (χ2n) is 5.36. The van der Waals surface area contributed by atoms with Gasteiger partial charge in [-0.15, -0.1) is 0 Å². The molecule has 0 aliphatic heterocycles. The molecule has 0 spiro atoms. The van der Waals surface area contributed by atoms with Crippen molar-refractivity contribution in [3.05, 3.63) is 29.8 Å². The molecule has 1 aromatic rings. The number of amides is 2. The van der Waals surface area contributed by atoms with Crippen LogP contribution in [0.3, 0.4) is 0 Å². The Morgan fingerprint density at radius 1 is 1.14 bits per heavy atom. The SMILES string of the molecule is COCCNC(=O)Cc1ccc(NC(=O)CC(C)C)cc1. The van der Waals surface area contributed by atoms with Gasteiger partial charge in [-0.1, -0.05) is 26.0 Å². The number of hydrogen-bond acceptors (Lipinski definition) is 3. The number of carbonyl (C=O) groups is 2. The largest absolute Gasteiger partial charge is 0.383 e. The molecule has 0 saturated carbocycles. The van der Waals surface area contributed by atoms with Gasteiger partial charge < -0.3 is 15.4 Å². The Balaban J connectivity index is 2.43. The Hall–Kier alpha value is -1.88. The van der Waals surface area contributed by atoms with Gasteiger partial charge in [-0.2, -0.15) is 0 Å². The molecule has 0 fully saturated rings. The molecule has 2 amide bonds. The number of ether oxygens (including phenoxy) is 1. The normalized spacial score (nSPS) is 10.5. The van der Waals surface area contributed by atoms with E-state index in [1.54, 1.807) is 7.11 Å². The van der Waals surface area contributed by atoms with Gasteiger partial charge in [0.1, 0.15) is 0 Å². The second-order valence-corrected chi connectivity index (χ2v) is 5.36. The number of carbonyl (C=O) groups excluding carboxylic acids is 2. The fraction of sp³-hybridized carbons (Fsp3) is 0.500. The number of rotatable bonds is 8. The van der Waals surface area contributed by atoms with E-state index < -0.39 is 0 Å². The topological polar surface area (TPSA) is 67.4 Å². The van der Waals surface area contributed by atoms with E-state index in [-0.39, 0.29) is 11.8 Å². The fourth-order valence-electron chi connectivity index (χ4n) is 1.83. The predicted molar refractivity (Wildman–Crippen MR) is 83.1 cm³/mol. The zero-order valence-corrected chi connectivity index (χ0v) is 12.9. The zero-order valence-electron chi connectivity index (χ0n) is 12.9. The molecule has 0 heterocycles. The van der Waals surface area contributed by atoms with Crippen LogP contribution in [0.25, 0.3) is 0 Å². The molecule has 0 atom stereocenters. The first-order valence-corrected chi connectivity index (χ1v) is 7.15. The summed E-state index contributed by atoms with van der Waals surface area (Å²) in [4.78, 5) is 23.3. The molecule has 116 valence electrons. The van der Waals surface area contributed by atoms with Gasteiger partial charge >= 0.3 is 0 Å². The van der Waals surface area contributed by atoms with Crippen LogP contribution in [-0.4, -0.2) is 32.1 Å². The lowest BCUT2D eigenvalue weighted by atomic mass is 10.1. The quantitative estimate of drug-likeness (QED) is 0.720. The Labute approximate surface area is 126 Å². The summed E-state index contributed by atoms with van der Waals surface area (Å²) in [6, 6.07) is 7.33. The first-order chi connectivity index (χ1) is 10.0. The maximum atomic E-state index is 11.6. The molecule has 2 N–H and O–H groups in total. The van der Waals surface area contributed by atoms with Gasteiger partial charge in [-0.3, -0.25) is 9.59 Å². The van der Waals surface area contributed by atoms with Crippen LogP contribution < -0.4 is 10.6 Å². The van der Waals surface area contributed by atoms with Crippen molar-refractivity contribution < 1.29 is 14.3 Å². The fourth-order valence-corrected chi connectivity index (χ4v) is 1.83.